The minimum atomic E-state index is 0.833. The van der Waals surface area contributed by atoms with Gasteiger partial charge in [-0.2, -0.15) is 4.99 Å². The fourth-order valence-corrected chi connectivity index (χ4v) is 3.90. The Balaban J connectivity index is 1.65. The number of nitrogens with zero attached hydrogens (tertiary/aromatic N) is 1. The van der Waals surface area contributed by atoms with E-state index in [1.165, 1.54) is 53.5 Å². The summed E-state index contributed by atoms with van der Waals surface area (Å²) in [5.41, 5.74) is 7.65. The van der Waals surface area contributed by atoms with E-state index in [1.807, 2.05) is 12.1 Å². The molecule has 30 heavy (non-hydrogen) atoms. The summed E-state index contributed by atoms with van der Waals surface area (Å²) in [4.78, 5) is 4.02. The van der Waals surface area contributed by atoms with E-state index in [2.05, 4.69) is 96.9 Å². The topological polar surface area (TPSA) is 12.4 Å². The van der Waals surface area contributed by atoms with Crippen molar-refractivity contribution in [1.29, 1.82) is 0 Å². The molecule has 0 N–H and O–H groups in total. The van der Waals surface area contributed by atoms with Gasteiger partial charge < -0.3 is 0 Å². The zero-order chi connectivity index (χ0) is 21.2. The summed E-state index contributed by atoms with van der Waals surface area (Å²) >= 11 is 4.67. The van der Waals surface area contributed by atoms with Crippen LogP contribution < -0.4 is 0 Å². The molecule has 0 spiro atoms. The van der Waals surface area contributed by atoms with Crippen molar-refractivity contribution in [2.75, 3.05) is 0 Å². The van der Waals surface area contributed by atoms with Gasteiger partial charge >= 0.3 is 0 Å². The van der Waals surface area contributed by atoms with Crippen molar-refractivity contribution in [3.8, 4) is 11.1 Å². The molecule has 1 unspecified atom stereocenters. The van der Waals surface area contributed by atoms with Crippen LogP contribution in [0.1, 0.15) is 49.8 Å². The molecule has 0 heterocycles. The fourth-order valence-electron chi connectivity index (χ4n) is 3.80. The van der Waals surface area contributed by atoms with Gasteiger partial charge in [0, 0.05) is 0 Å². The highest BCUT2D eigenvalue weighted by Gasteiger charge is 2.06. The van der Waals surface area contributed by atoms with Gasteiger partial charge in [0.05, 0.1) is 10.8 Å². The number of aliphatic imine (C=N–C) groups is 1. The summed E-state index contributed by atoms with van der Waals surface area (Å²) in [6.07, 6.45) is 7.07. The van der Waals surface area contributed by atoms with Gasteiger partial charge in [0.2, 0.25) is 0 Å². The molecule has 1 atom stereocenters. The molecule has 0 aliphatic heterocycles. The van der Waals surface area contributed by atoms with Gasteiger partial charge in [0.15, 0.2) is 0 Å². The second kappa shape index (κ2) is 11.6. The van der Waals surface area contributed by atoms with E-state index < -0.39 is 0 Å². The maximum Gasteiger partial charge on any atom is 0.0739 e. The maximum atomic E-state index is 4.67. The third-order valence-corrected chi connectivity index (χ3v) is 6.03. The summed E-state index contributed by atoms with van der Waals surface area (Å²) < 4.78 is 0. The van der Waals surface area contributed by atoms with Crippen LogP contribution in [0.25, 0.3) is 11.1 Å². The number of benzene rings is 3. The van der Waals surface area contributed by atoms with E-state index in [0.29, 0.717) is 0 Å². The SMILES string of the molecule is CCC(C)CCCc1ccc(-c2ccccc2CCc2ccc(N=C=S)cc2)cc1. The highest BCUT2D eigenvalue weighted by atomic mass is 32.1. The Morgan fingerprint density at radius 1 is 0.833 bits per heavy atom. The molecule has 0 amide bonds. The van der Waals surface area contributed by atoms with Crippen molar-refractivity contribution in [2.45, 2.75) is 52.4 Å². The van der Waals surface area contributed by atoms with Crippen LogP contribution in [0.3, 0.4) is 0 Å². The molecule has 0 aromatic heterocycles. The van der Waals surface area contributed by atoms with Gasteiger partial charge in [-0.25, -0.2) is 0 Å². The number of aryl methyl sites for hydroxylation is 3. The molecule has 2 heteroatoms. The zero-order valence-electron chi connectivity index (χ0n) is 18.1. The Kier molecular flexibility index (Phi) is 8.56. The second-order valence-corrected chi connectivity index (χ2v) is 8.31. The van der Waals surface area contributed by atoms with Crippen LogP contribution in [0, 0.1) is 5.92 Å². The molecule has 1 nitrogen and oxygen atoms in total. The normalized spacial score (nSPS) is 11.7. The van der Waals surface area contributed by atoms with Crippen molar-refractivity contribution in [2.24, 2.45) is 10.9 Å². The van der Waals surface area contributed by atoms with Gasteiger partial charge in [0.1, 0.15) is 0 Å². The third-order valence-electron chi connectivity index (χ3n) is 5.94. The number of isothiocyanates is 1. The third kappa shape index (κ3) is 6.49. The molecule has 0 bridgehead atoms. The zero-order valence-corrected chi connectivity index (χ0v) is 18.9. The predicted molar refractivity (Wildman–Crippen MR) is 133 cm³/mol. The Morgan fingerprint density at radius 2 is 1.50 bits per heavy atom. The molecule has 0 aliphatic rings. The number of hydrogen-bond acceptors (Lipinski definition) is 2. The average molecular weight is 414 g/mol. The minimum Gasteiger partial charge on any atom is -0.195 e. The predicted octanol–water partition coefficient (Wildman–Crippen LogP) is 8.24. The van der Waals surface area contributed by atoms with E-state index in [0.717, 1.165) is 24.4 Å². The van der Waals surface area contributed by atoms with Crippen LogP contribution in [-0.4, -0.2) is 5.16 Å². The lowest BCUT2D eigenvalue weighted by atomic mass is 9.93. The molecule has 3 aromatic carbocycles. The Morgan fingerprint density at radius 3 is 2.20 bits per heavy atom. The molecule has 0 saturated heterocycles. The maximum absolute atomic E-state index is 4.67. The Labute approximate surface area is 186 Å². The molecular formula is C28H31NS. The average Bonchev–Trinajstić information content (AvgIpc) is 2.79. The molecule has 0 fully saturated rings. The monoisotopic (exact) mass is 413 g/mol. The van der Waals surface area contributed by atoms with Crippen LogP contribution in [0.5, 0.6) is 0 Å². The van der Waals surface area contributed by atoms with Gasteiger partial charge in [-0.1, -0.05) is 87.4 Å². The number of thiocarbonyl (C=S) groups is 1. The van der Waals surface area contributed by atoms with Crippen molar-refractivity contribution < 1.29 is 0 Å². The quantitative estimate of drug-likeness (QED) is 0.241. The molecule has 0 saturated carbocycles. The van der Waals surface area contributed by atoms with Gasteiger partial charge in [-0.15, -0.1) is 0 Å². The first-order chi connectivity index (χ1) is 14.7. The van der Waals surface area contributed by atoms with E-state index >= 15 is 0 Å². The lowest BCUT2D eigenvalue weighted by molar-refractivity contribution is 0.496. The van der Waals surface area contributed by atoms with E-state index in [9.17, 15) is 0 Å². The van der Waals surface area contributed by atoms with Crippen LogP contribution in [0.15, 0.2) is 77.8 Å². The fraction of sp³-hybridized carbons (Fsp3) is 0.321. The van der Waals surface area contributed by atoms with Crippen LogP contribution in [-0.2, 0) is 19.3 Å². The van der Waals surface area contributed by atoms with E-state index in [-0.39, 0.29) is 0 Å². The first-order valence-corrected chi connectivity index (χ1v) is 11.4. The van der Waals surface area contributed by atoms with Crippen molar-refractivity contribution in [3.05, 3.63) is 89.5 Å². The summed E-state index contributed by atoms with van der Waals surface area (Å²) in [6, 6.07) is 26.2. The van der Waals surface area contributed by atoms with E-state index in [1.54, 1.807) is 0 Å². The van der Waals surface area contributed by atoms with Crippen LogP contribution in [0.4, 0.5) is 5.69 Å². The standard InChI is InChI=1S/C28H31NS/c1-3-22(2)7-6-8-23-11-17-26(18-12-23)28-10-5-4-9-25(28)16-13-24-14-19-27(20-15-24)29-21-30/h4-5,9-12,14-15,17-20,22H,3,6-8,13,16H2,1-2H3. The highest BCUT2D eigenvalue weighted by molar-refractivity contribution is 7.78. The molecule has 3 aromatic rings. The Bertz CT molecular complexity index is 966. The van der Waals surface area contributed by atoms with Gasteiger partial charge in [-0.3, -0.25) is 0 Å². The first kappa shape index (κ1) is 22.2. The summed E-state index contributed by atoms with van der Waals surface area (Å²) in [7, 11) is 0. The lowest BCUT2D eigenvalue weighted by Gasteiger charge is -2.11. The first-order valence-electron chi connectivity index (χ1n) is 11.0. The lowest BCUT2D eigenvalue weighted by Crippen LogP contribution is -1.95. The molecular weight excluding hydrogens is 382 g/mol. The summed E-state index contributed by atoms with van der Waals surface area (Å²) in [6.45, 7) is 4.63. The second-order valence-electron chi connectivity index (χ2n) is 8.13. The summed E-state index contributed by atoms with van der Waals surface area (Å²) in [5, 5.41) is 2.42. The van der Waals surface area contributed by atoms with E-state index in [4.69, 9.17) is 0 Å². The number of hydrogen-bond donors (Lipinski definition) is 0. The smallest absolute Gasteiger partial charge is 0.0739 e. The largest absolute Gasteiger partial charge is 0.195 e. The molecule has 0 aliphatic carbocycles. The van der Waals surface area contributed by atoms with Gasteiger partial charge in [-0.05, 0) is 83.8 Å². The van der Waals surface area contributed by atoms with Crippen molar-refractivity contribution >= 4 is 23.1 Å². The molecule has 0 radical (unpaired) electrons. The van der Waals surface area contributed by atoms with Crippen molar-refractivity contribution in [3.63, 3.8) is 0 Å². The number of rotatable bonds is 10. The molecule has 3 rings (SSSR count). The van der Waals surface area contributed by atoms with Crippen LogP contribution >= 0.6 is 12.2 Å². The molecule has 154 valence electrons. The van der Waals surface area contributed by atoms with Crippen LogP contribution in [0.2, 0.25) is 0 Å². The Hall–Kier alpha value is -2.54. The minimum absolute atomic E-state index is 0.833. The van der Waals surface area contributed by atoms with Crippen molar-refractivity contribution in [1.82, 2.24) is 0 Å². The van der Waals surface area contributed by atoms with Gasteiger partial charge in [0.25, 0.3) is 0 Å². The summed E-state index contributed by atoms with van der Waals surface area (Å²) in [5.74, 6) is 0.833. The highest BCUT2D eigenvalue weighted by Crippen LogP contribution is 2.26.